The highest BCUT2D eigenvalue weighted by Gasteiger charge is 2.33. The summed E-state index contributed by atoms with van der Waals surface area (Å²) in [7, 11) is 1.79. The van der Waals surface area contributed by atoms with Crippen molar-refractivity contribution in [1.29, 1.82) is 0 Å². The zero-order chi connectivity index (χ0) is 12.3. The number of nitrogens with one attached hydrogen (secondary N) is 1. The fraction of sp³-hybridized carbons (Fsp3) is 0.600. The van der Waals surface area contributed by atoms with E-state index < -0.39 is 11.9 Å². The highest BCUT2D eigenvalue weighted by Crippen LogP contribution is 2.27. The summed E-state index contributed by atoms with van der Waals surface area (Å²) in [6, 6.07) is 2.46. The van der Waals surface area contributed by atoms with Gasteiger partial charge >= 0.3 is 6.18 Å². The van der Waals surface area contributed by atoms with E-state index in [1.807, 2.05) is 13.8 Å². The molecule has 0 aliphatic heterocycles. The molecule has 1 rings (SSSR count). The lowest BCUT2D eigenvalue weighted by Gasteiger charge is -2.18. The molecule has 0 spiro atoms. The molecule has 1 aromatic heterocycles. The van der Waals surface area contributed by atoms with Crippen LogP contribution in [0.1, 0.15) is 31.2 Å². The fourth-order valence-electron chi connectivity index (χ4n) is 1.24. The standard InChI is InChI=1S/C10H14F3N3/c1-6(7(2)14-3)8-4-5-9(16-15-8)10(11,12)13/h4-7,14H,1-3H3. The van der Waals surface area contributed by atoms with E-state index in [4.69, 9.17) is 0 Å². The Kier molecular flexibility index (Phi) is 3.85. The van der Waals surface area contributed by atoms with E-state index in [1.165, 1.54) is 6.07 Å². The number of hydrogen-bond acceptors (Lipinski definition) is 3. The number of rotatable bonds is 3. The third-order valence-electron chi connectivity index (χ3n) is 2.65. The summed E-state index contributed by atoms with van der Waals surface area (Å²) in [5.41, 5.74) is -0.407. The topological polar surface area (TPSA) is 37.8 Å². The van der Waals surface area contributed by atoms with Crippen LogP contribution in [0, 0.1) is 0 Å². The third kappa shape index (κ3) is 2.91. The Balaban J connectivity index is 2.87. The predicted molar refractivity (Wildman–Crippen MR) is 54.0 cm³/mol. The maximum Gasteiger partial charge on any atom is 0.435 e. The van der Waals surface area contributed by atoms with Crippen LogP contribution < -0.4 is 5.32 Å². The zero-order valence-corrected chi connectivity index (χ0v) is 9.34. The number of aromatic nitrogens is 2. The van der Waals surface area contributed by atoms with Gasteiger partial charge in [0.15, 0.2) is 5.69 Å². The summed E-state index contributed by atoms with van der Waals surface area (Å²) in [5.74, 6) is 0.0137. The third-order valence-corrected chi connectivity index (χ3v) is 2.65. The second-order valence-electron chi connectivity index (χ2n) is 3.71. The first-order valence-corrected chi connectivity index (χ1v) is 4.94. The number of alkyl halides is 3. The Morgan fingerprint density at radius 1 is 1.19 bits per heavy atom. The van der Waals surface area contributed by atoms with Crippen LogP contribution in [-0.2, 0) is 6.18 Å². The molecular weight excluding hydrogens is 219 g/mol. The summed E-state index contributed by atoms with van der Waals surface area (Å²) in [6.07, 6.45) is -4.43. The van der Waals surface area contributed by atoms with Crippen molar-refractivity contribution in [2.75, 3.05) is 7.05 Å². The number of hydrogen-bond donors (Lipinski definition) is 1. The first-order chi connectivity index (χ1) is 7.36. The quantitative estimate of drug-likeness (QED) is 0.869. The molecule has 0 saturated carbocycles. The summed E-state index contributed by atoms with van der Waals surface area (Å²) in [6.45, 7) is 3.82. The van der Waals surface area contributed by atoms with Crippen molar-refractivity contribution in [2.24, 2.45) is 0 Å². The van der Waals surface area contributed by atoms with Crippen LogP contribution in [0.5, 0.6) is 0 Å². The van der Waals surface area contributed by atoms with Gasteiger partial charge in [-0.25, -0.2) is 0 Å². The first kappa shape index (κ1) is 12.9. The predicted octanol–water partition coefficient (Wildman–Crippen LogP) is 2.21. The van der Waals surface area contributed by atoms with Crippen molar-refractivity contribution in [3.8, 4) is 0 Å². The Labute approximate surface area is 92.1 Å². The minimum atomic E-state index is -4.43. The highest BCUT2D eigenvalue weighted by atomic mass is 19.4. The zero-order valence-electron chi connectivity index (χ0n) is 9.34. The number of nitrogens with zero attached hydrogens (tertiary/aromatic N) is 2. The van der Waals surface area contributed by atoms with Crippen LogP contribution >= 0.6 is 0 Å². The lowest BCUT2D eigenvalue weighted by Crippen LogP contribution is -2.28. The average Bonchev–Trinajstić information content (AvgIpc) is 2.26. The molecule has 16 heavy (non-hydrogen) atoms. The van der Waals surface area contributed by atoms with Crippen LogP contribution in [0.4, 0.5) is 13.2 Å². The van der Waals surface area contributed by atoms with Crippen molar-refractivity contribution in [3.63, 3.8) is 0 Å². The van der Waals surface area contributed by atoms with Crippen LogP contribution in [0.15, 0.2) is 12.1 Å². The lowest BCUT2D eigenvalue weighted by atomic mass is 10.00. The van der Waals surface area contributed by atoms with E-state index in [0.717, 1.165) is 6.07 Å². The smallest absolute Gasteiger partial charge is 0.317 e. The van der Waals surface area contributed by atoms with E-state index in [0.29, 0.717) is 5.69 Å². The molecule has 1 N–H and O–H groups in total. The van der Waals surface area contributed by atoms with Gasteiger partial charge in [-0.05, 0) is 26.1 Å². The highest BCUT2D eigenvalue weighted by molar-refractivity contribution is 5.13. The van der Waals surface area contributed by atoms with Gasteiger partial charge in [-0.15, -0.1) is 5.10 Å². The van der Waals surface area contributed by atoms with Gasteiger partial charge in [0.05, 0.1) is 5.69 Å². The normalized spacial score (nSPS) is 15.9. The molecule has 2 unspecified atom stereocenters. The van der Waals surface area contributed by atoms with Crippen molar-refractivity contribution < 1.29 is 13.2 Å². The van der Waals surface area contributed by atoms with E-state index in [1.54, 1.807) is 7.05 Å². The number of likely N-dealkylation sites (N-methyl/N-ethyl adjacent to an activating group) is 1. The van der Waals surface area contributed by atoms with Gasteiger partial charge in [0.25, 0.3) is 0 Å². The van der Waals surface area contributed by atoms with Crippen LogP contribution in [0.3, 0.4) is 0 Å². The molecule has 0 aliphatic carbocycles. The minimum absolute atomic E-state index is 0.0137. The summed E-state index contributed by atoms with van der Waals surface area (Å²) in [4.78, 5) is 0. The monoisotopic (exact) mass is 233 g/mol. The molecule has 0 saturated heterocycles. The number of halogens is 3. The van der Waals surface area contributed by atoms with Gasteiger partial charge in [0, 0.05) is 12.0 Å². The molecule has 1 heterocycles. The summed E-state index contributed by atoms with van der Waals surface area (Å²) >= 11 is 0. The fourth-order valence-corrected chi connectivity index (χ4v) is 1.24. The van der Waals surface area contributed by atoms with Gasteiger partial charge in [0.2, 0.25) is 0 Å². The molecule has 0 amide bonds. The van der Waals surface area contributed by atoms with E-state index in [-0.39, 0.29) is 12.0 Å². The Hall–Kier alpha value is -1.17. The Morgan fingerprint density at radius 2 is 1.81 bits per heavy atom. The van der Waals surface area contributed by atoms with Crippen molar-refractivity contribution in [2.45, 2.75) is 32.0 Å². The van der Waals surface area contributed by atoms with Crippen molar-refractivity contribution in [1.82, 2.24) is 15.5 Å². The van der Waals surface area contributed by atoms with Crippen molar-refractivity contribution in [3.05, 3.63) is 23.5 Å². The second-order valence-corrected chi connectivity index (χ2v) is 3.71. The summed E-state index contributed by atoms with van der Waals surface area (Å²) in [5, 5.41) is 9.81. The van der Waals surface area contributed by atoms with E-state index in [2.05, 4.69) is 15.5 Å². The molecule has 0 aliphatic rings. The van der Waals surface area contributed by atoms with Gasteiger partial charge in [0.1, 0.15) is 0 Å². The van der Waals surface area contributed by atoms with E-state index in [9.17, 15) is 13.2 Å². The molecule has 90 valence electrons. The van der Waals surface area contributed by atoms with E-state index >= 15 is 0 Å². The maximum atomic E-state index is 12.2. The van der Waals surface area contributed by atoms with Gasteiger partial charge < -0.3 is 5.32 Å². The molecule has 3 nitrogen and oxygen atoms in total. The molecule has 0 fully saturated rings. The van der Waals surface area contributed by atoms with Crippen LogP contribution in [0.2, 0.25) is 0 Å². The van der Waals surface area contributed by atoms with Gasteiger partial charge in [-0.3, -0.25) is 0 Å². The van der Waals surface area contributed by atoms with Crippen molar-refractivity contribution >= 4 is 0 Å². The second kappa shape index (κ2) is 4.78. The van der Waals surface area contributed by atoms with Gasteiger partial charge in [-0.2, -0.15) is 18.3 Å². The Morgan fingerprint density at radius 3 is 2.19 bits per heavy atom. The average molecular weight is 233 g/mol. The lowest BCUT2D eigenvalue weighted by molar-refractivity contribution is -0.141. The molecule has 2 atom stereocenters. The molecule has 1 aromatic rings. The summed E-state index contributed by atoms with van der Waals surface area (Å²) < 4.78 is 36.7. The molecule has 6 heteroatoms. The first-order valence-electron chi connectivity index (χ1n) is 4.94. The van der Waals surface area contributed by atoms with Crippen LogP contribution in [0.25, 0.3) is 0 Å². The molecule has 0 bridgehead atoms. The molecule has 0 aromatic carbocycles. The largest absolute Gasteiger partial charge is 0.435 e. The van der Waals surface area contributed by atoms with Crippen LogP contribution in [-0.4, -0.2) is 23.3 Å². The molecular formula is C10H14F3N3. The van der Waals surface area contributed by atoms with Gasteiger partial charge in [-0.1, -0.05) is 6.92 Å². The SMILES string of the molecule is CNC(C)C(C)c1ccc(C(F)(F)F)nn1. The Bertz CT molecular complexity index is 334. The molecule has 0 radical (unpaired) electrons. The maximum absolute atomic E-state index is 12.2. The minimum Gasteiger partial charge on any atom is -0.317 e.